The van der Waals surface area contributed by atoms with Crippen molar-refractivity contribution < 1.29 is 13.9 Å². The normalized spacial score (nSPS) is 14.0. The molecule has 0 atom stereocenters. The SMILES string of the molecule is N#C/C(=C\c1ccc(COc2c(Cl)cc(Cl)cc2Cl)o1)C(=O)NC1CC1. The first-order chi connectivity index (χ1) is 12.5. The molecule has 8 heteroatoms. The molecular formula is C18H13Cl3N2O3. The van der Waals surface area contributed by atoms with Gasteiger partial charge in [-0.1, -0.05) is 34.8 Å². The summed E-state index contributed by atoms with van der Waals surface area (Å²) >= 11 is 18.0. The van der Waals surface area contributed by atoms with Gasteiger partial charge in [0, 0.05) is 17.1 Å². The molecule has 134 valence electrons. The smallest absolute Gasteiger partial charge is 0.262 e. The van der Waals surface area contributed by atoms with Crippen LogP contribution in [0.3, 0.4) is 0 Å². The van der Waals surface area contributed by atoms with E-state index in [0.717, 1.165) is 12.8 Å². The Morgan fingerprint density at radius 2 is 2.00 bits per heavy atom. The number of hydrogen-bond acceptors (Lipinski definition) is 4. The third-order valence-electron chi connectivity index (χ3n) is 3.57. The summed E-state index contributed by atoms with van der Waals surface area (Å²) in [7, 11) is 0. The Morgan fingerprint density at radius 3 is 2.62 bits per heavy atom. The van der Waals surface area contributed by atoms with Crippen molar-refractivity contribution in [2.24, 2.45) is 0 Å². The van der Waals surface area contributed by atoms with Crippen LogP contribution >= 0.6 is 34.8 Å². The molecule has 26 heavy (non-hydrogen) atoms. The lowest BCUT2D eigenvalue weighted by atomic mass is 10.2. The molecule has 0 bridgehead atoms. The van der Waals surface area contributed by atoms with Gasteiger partial charge in [0.1, 0.15) is 29.8 Å². The van der Waals surface area contributed by atoms with Gasteiger partial charge in [-0.15, -0.1) is 0 Å². The van der Waals surface area contributed by atoms with Crippen LogP contribution in [0.25, 0.3) is 6.08 Å². The number of furan rings is 1. The summed E-state index contributed by atoms with van der Waals surface area (Å²) < 4.78 is 11.1. The summed E-state index contributed by atoms with van der Waals surface area (Å²) in [5, 5.41) is 12.9. The Hall–Kier alpha value is -2.13. The molecule has 1 fully saturated rings. The van der Waals surface area contributed by atoms with E-state index in [9.17, 15) is 4.79 Å². The molecule has 2 aromatic rings. The summed E-state index contributed by atoms with van der Waals surface area (Å²) in [5.74, 6) is 0.759. The highest BCUT2D eigenvalue weighted by atomic mass is 35.5. The summed E-state index contributed by atoms with van der Waals surface area (Å²) in [6.07, 6.45) is 3.29. The van der Waals surface area contributed by atoms with Crippen molar-refractivity contribution in [2.75, 3.05) is 0 Å². The van der Waals surface area contributed by atoms with Crippen molar-refractivity contribution in [3.05, 3.63) is 56.4 Å². The number of ether oxygens (including phenoxy) is 1. The highest BCUT2D eigenvalue weighted by Gasteiger charge is 2.24. The molecule has 1 amide bonds. The first-order valence-electron chi connectivity index (χ1n) is 7.75. The third kappa shape index (κ3) is 4.73. The quantitative estimate of drug-likeness (QED) is 0.536. The van der Waals surface area contributed by atoms with Crippen LogP contribution in [-0.4, -0.2) is 11.9 Å². The summed E-state index contributed by atoms with van der Waals surface area (Å²) in [5.41, 5.74) is -0.0116. The molecule has 1 aliphatic rings. The minimum Gasteiger partial charge on any atom is -0.483 e. The van der Waals surface area contributed by atoms with E-state index in [4.69, 9.17) is 49.2 Å². The summed E-state index contributed by atoms with van der Waals surface area (Å²) in [6, 6.07) is 8.43. The molecule has 1 N–H and O–H groups in total. The van der Waals surface area contributed by atoms with E-state index in [1.807, 2.05) is 6.07 Å². The second kappa shape index (κ2) is 8.05. The van der Waals surface area contributed by atoms with E-state index in [1.54, 1.807) is 12.1 Å². The van der Waals surface area contributed by atoms with Gasteiger partial charge in [0.25, 0.3) is 5.91 Å². The van der Waals surface area contributed by atoms with Gasteiger partial charge in [0.2, 0.25) is 0 Å². The number of nitrogens with one attached hydrogen (secondary N) is 1. The largest absolute Gasteiger partial charge is 0.483 e. The minimum atomic E-state index is -0.399. The summed E-state index contributed by atoms with van der Waals surface area (Å²) in [6.45, 7) is 0.0745. The predicted molar refractivity (Wildman–Crippen MR) is 99.3 cm³/mol. The molecule has 0 spiro atoms. The van der Waals surface area contributed by atoms with Gasteiger partial charge in [-0.3, -0.25) is 4.79 Å². The van der Waals surface area contributed by atoms with Crippen LogP contribution in [0.5, 0.6) is 5.75 Å². The Morgan fingerprint density at radius 1 is 1.31 bits per heavy atom. The van der Waals surface area contributed by atoms with E-state index in [2.05, 4.69) is 5.32 Å². The van der Waals surface area contributed by atoms with Crippen LogP contribution in [0.1, 0.15) is 24.4 Å². The topological polar surface area (TPSA) is 75.3 Å². The lowest BCUT2D eigenvalue weighted by Crippen LogP contribution is -2.26. The Labute approximate surface area is 165 Å². The fraction of sp³-hybridized carbons (Fsp3) is 0.222. The lowest BCUT2D eigenvalue weighted by molar-refractivity contribution is -0.117. The van der Waals surface area contributed by atoms with Gasteiger partial charge in [0.15, 0.2) is 5.75 Å². The van der Waals surface area contributed by atoms with Gasteiger partial charge in [0.05, 0.1) is 10.0 Å². The van der Waals surface area contributed by atoms with Crippen molar-refractivity contribution in [3.8, 4) is 11.8 Å². The predicted octanol–water partition coefficient (Wildman–Crippen LogP) is 5.00. The number of carbonyl (C=O) groups is 1. The van der Waals surface area contributed by atoms with E-state index < -0.39 is 5.91 Å². The van der Waals surface area contributed by atoms with Crippen molar-refractivity contribution in [2.45, 2.75) is 25.5 Å². The second-order valence-electron chi connectivity index (χ2n) is 5.71. The fourth-order valence-electron chi connectivity index (χ4n) is 2.14. The van der Waals surface area contributed by atoms with E-state index in [0.29, 0.717) is 22.3 Å². The van der Waals surface area contributed by atoms with Crippen molar-refractivity contribution in [1.29, 1.82) is 5.26 Å². The van der Waals surface area contributed by atoms with Crippen LogP contribution in [0.2, 0.25) is 15.1 Å². The number of halogens is 3. The van der Waals surface area contributed by atoms with Gasteiger partial charge < -0.3 is 14.5 Å². The Kier molecular flexibility index (Phi) is 5.77. The maximum absolute atomic E-state index is 11.9. The first-order valence-corrected chi connectivity index (χ1v) is 8.88. The van der Waals surface area contributed by atoms with Gasteiger partial charge >= 0.3 is 0 Å². The fourth-order valence-corrected chi connectivity index (χ4v) is 3.07. The summed E-state index contributed by atoms with van der Waals surface area (Å²) in [4.78, 5) is 11.9. The monoisotopic (exact) mass is 410 g/mol. The number of hydrogen-bond donors (Lipinski definition) is 1. The maximum atomic E-state index is 11.9. The number of nitriles is 1. The average Bonchev–Trinajstić information content (AvgIpc) is 3.28. The van der Waals surface area contributed by atoms with Crippen molar-refractivity contribution in [1.82, 2.24) is 5.32 Å². The molecule has 1 aromatic heterocycles. The zero-order chi connectivity index (χ0) is 18.7. The van der Waals surface area contributed by atoms with Gasteiger partial charge in [-0.25, -0.2) is 0 Å². The van der Waals surface area contributed by atoms with Crippen LogP contribution in [-0.2, 0) is 11.4 Å². The minimum absolute atomic E-state index is 0.0116. The number of benzene rings is 1. The van der Waals surface area contributed by atoms with Gasteiger partial charge in [-0.05, 0) is 37.1 Å². The number of rotatable bonds is 6. The van der Waals surface area contributed by atoms with Crippen LogP contribution < -0.4 is 10.1 Å². The highest BCUT2D eigenvalue weighted by Crippen LogP contribution is 2.36. The van der Waals surface area contributed by atoms with Crippen LogP contribution in [0.4, 0.5) is 0 Å². The zero-order valence-electron chi connectivity index (χ0n) is 13.4. The van der Waals surface area contributed by atoms with Crippen molar-refractivity contribution in [3.63, 3.8) is 0 Å². The molecule has 1 aliphatic carbocycles. The second-order valence-corrected chi connectivity index (χ2v) is 6.96. The number of carbonyl (C=O) groups excluding carboxylic acids is 1. The Balaban J connectivity index is 1.67. The highest BCUT2D eigenvalue weighted by molar-refractivity contribution is 6.40. The van der Waals surface area contributed by atoms with Gasteiger partial charge in [-0.2, -0.15) is 5.26 Å². The van der Waals surface area contributed by atoms with E-state index in [-0.39, 0.29) is 28.3 Å². The average molecular weight is 412 g/mol. The molecule has 0 radical (unpaired) electrons. The van der Waals surface area contributed by atoms with E-state index in [1.165, 1.54) is 18.2 Å². The lowest BCUT2D eigenvalue weighted by Gasteiger charge is -2.08. The van der Waals surface area contributed by atoms with E-state index >= 15 is 0 Å². The maximum Gasteiger partial charge on any atom is 0.262 e. The molecule has 0 saturated heterocycles. The molecule has 1 heterocycles. The zero-order valence-corrected chi connectivity index (χ0v) is 15.7. The molecule has 0 aliphatic heterocycles. The third-order valence-corrected chi connectivity index (χ3v) is 4.35. The van der Waals surface area contributed by atoms with Crippen LogP contribution in [0, 0.1) is 11.3 Å². The molecule has 5 nitrogen and oxygen atoms in total. The molecular weight excluding hydrogens is 399 g/mol. The van der Waals surface area contributed by atoms with Crippen molar-refractivity contribution >= 4 is 46.8 Å². The Bertz CT molecular complexity index is 888. The molecule has 0 unspecified atom stereocenters. The van der Waals surface area contributed by atoms with Crippen LogP contribution in [0.15, 0.2) is 34.3 Å². The molecule has 1 aromatic carbocycles. The number of amides is 1. The molecule has 3 rings (SSSR count). The standard InChI is InChI=1S/C18H13Cl3N2O3/c19-11-6-15(20)17(16(21)7-11)25-9-14-4-3-13(26-14)5-10(8-22)18(24)23-12-1-2-12/h3-7,12H,1-2,9H2,(H,23,24)/b10-5+. The first kappa shape index (κ1) is 18.7. The molecule has 1 saturated carbocycles. The number of nitrogens with zero attached hydrogens (tertiary/aromatic N) is 1.